The zero-order valence-electron chi connectivity index (χ0n) is 13.7. The lowest BCUT2D eigenvalue weighted by Gasteiger charge is -2.35. The van der Waals surface area contributed by atoms with E-state index in [4.69, 9.17) is 4.98 Å². The van der Waals surface area contributed by atoms with E-state index in [-0.39, 0.29) is 0 Å². The second-order valence-corrected chi connectivity index (χ2v) is 7.27. The number of aromatic nitrogens is 1. The fraction of sp³-hybridized carbons (Fsp3) is 0.471. The van der Waals surface area contributed by atoms with Crippen LogP contribution in [0, 0.1) is 0 Å². The van der Waals surface area contributed by atoms with Gasteiger partial charge in [0, 0.05) is 26.2 Å². The molecule has 1 aromatic carbocycles. The van der Waals surface area contributed by atoms with Crippen molar-refractivity contribution in [2.45, 2.75) is 13.3 Å². The molecule has 3 heterocycles. The molecule has 1 aromatic heterocycles. The number of benzene rings is 1. The number of para-hydroxylation sites is 1. The Kier molecular flexibility index (Phi) is 3.87. The Morgan fingerprint density at radius 1 is 1.17 bits per heavy atom. The maximum atomic E-state index is 4.78. The van der Waals surface area contributed by atoms with Gasteiger partial charge in [0.05, 0.1) is 16.8 Å². The van der Waals surface area contributed by atoms with E-state index in [0.29, 0.717) is 0 Å². The highest BCUT2D eigenvalue weighted by Crippen LogP contribution is 2.31. The molecule has 0 spiro atoms. The van der Waals surface area contributed by atoms with Crippen molar-refractivity contribution in [3.05, 3.63) is 35.7 Å². The molecule has 0 bridgehead atoms. The number of fused-ring (bicyclic) bond motifs is 1. The highest BCUT2D eigenvalue weighted by molar-refractivity contribution is 7.22. The molecular formula is C17H23N5S. The molecule has 1 fully saturated rings. The van der Waals surface area contributed by atoms with Crippen LogP contribution < -0.4 is 10.4 Å². The summed E-state index contributed by atoms with van der Waals surface area (Å²) < 4.78 is 1.25. The molecule has 122 valence electrons. The van der Waals surface area contributed by atoms with Crippen molar-refractivity contribution in [3.63, 3.8) is 0 Å². The minimum absolute atomic E-state index is 0.929. The average Bonchev–Trinajstić information content (AvgIpc) is 3.19. The number of hydrogen-bond donors (Lipinski definition) is 1. The Morgan fingerprint density at radius 3 is 2.70 bits per heavy atom. The van der Waals surface area contributed by atoms with Crippen molar-refractivity contribution < 1.29 is 0 Å². The van der Waals surface area contributed by atoms with Gasteiger partial charge in [0.2, 0.25) is 5.13 Å². The Labute approximate surface area is 141 Å². The second kappa shape index (κ2) is 6.02. The molecule has 0 saturated carbocycles. The standard InChI is InChI=1S/C17H23N5S/c1-3-13-12-22(17-18-14-6-4-5-7-15(14)23-17)19-16(13)21-10-8-20(2)9-11-21/h4-7,19H,3,8-12H2,1-2H3. The number of anilines is 1. The van der Waals surface area contributed by atoms with E-state index in [1.165, 1.54) is 16.1 Å². The predicted octanol–water partition coefficient (Wildman–Crippen LogP) is 2.49. The van der Waals surface area contributed by atoms with Gasteiger partial charge < -0.3 is 9.80 Å². The van der Waals surface area contributed by atoms with Gasteiger partial charge in [-0.1, -0.05) is 30.4 Å². The number of rotatable bonds is 3. The Hall–Kier alpha value is -1.79. The maximum absolute atomic E-state index is 4.78. The molecule has 5 nitrogen and oxygen atoms in total. The molecule has 1 saturated heterocycles. The largest absolute Gasteiger partial charge is 0.355 e. The summed E-state index contributed by atoms with van der Waals surface area (Å²) >= 11 is 1.76. The monoisotopic (exact) mass is 329 g/mol. The fourth-order valence-electron chi connectivity index (χ4n) is 3.21. The number of thiazole rings is 1. The Morgan fingerprint density at radius 2 is 1.96 bits per heavy atom. The normalized spacial score (nSPS) is 19.7. The van der Waals surface area contributed by atoms with Gasteiger partial charge in [0.15, 0.2) is 0 Å². The zero-order valence-corrected chi connectivity index (χ0v) is 14.6. The van der Waals surface area contributed by atoms with Crippen molar-refractivity contribution in [1.29, 1.82) is 0 Å². The summed E-state index contributed by atoms with van der Waals surface area (Å²) in [4.78, 5) is 9.67. The van der Waals surface area contributed by atoms with Gasteiger partial charge in [-0.05, 0) is 31.2 Å². The van der Waals surface area contributed by atoms with E-state index in [9.17, 15) is 0 Å². The highest BCUT2D eigenvalue weighted by atomic mass is 32.1. The molecule has 2 aliphatic heterocycles. The summed E-state index contributed by atoms with van der Waals surface area (Å²) in [6.45, 7) is 7.62. The summed E-state index contributed by atoms with van der Waals surface area (Å²) in [6.07, 6.45) is 1.08. The first-order valence-electron chi connectivity index (χ1n) is 8.30. The number of nitrogens with one attached hydrogen (secondary N) is 1. The van der Waals surface area contributed by atoms with Gasteiger partial charge >= 0.3 is 0 Å². The lowest BCUT2D eigenvalue weighted by molar-refractivity contribution is 0.178. The average molecular weight is 329 g/mol. The molecule has 2 aliphatic rings. The molecule has 0 radical (unpaired) electrons. The van der Waals surface area contributed by atoms with Gasteiger partial charge in [0.25, 0.3) is 0 Å². The predicted molar refractivity (Wildman–Crippen MR) is 96.5 cm³/mol. The topological polar surface area (TPSA) is 34.6 Å². The SMILES string of the molecule is CCC1=C(N2CCN(C)CC2)NN(c2nc3ccccc3s2)C1. The quantitative estimate of drug-likeness (QED) is 0.936. The third-order valence-electron chi connectivity index (χ3n) is 4.68. The Balaban J connectivity index is 1.55. The van der Waals surface area contributed by atoms with Crippen molar-refractivity contribution in [1.82, 2.24) is 20.2 Å². The minimum atomic E-state index is 0.929. The van der Waals surface area contributed by atoms with E-state index in [0.717, 1.165) is 49.8 Å². The third-order valence-corrected chi connectivity index (χ3v) is 5.74. The first-order valence-corrected chi connectivity index (χ1v) is 9.11. The number of nitrogens with zero attached hydrogens (tertiary/aromatic N) is 4. The summed E-state index contributed by atoms with van der Waals surface area (Å²) in [5.41, 5.74) is 6.19. The molecule has 23 heavy (non-hydrogen) atoms. The molecule has 0 unspecified atom stereocenters. The van der Waals surface area contributed by atoms with Crippen LogP contribution in [0.2, 0.25) is 0 Å². The molecule has 4 rings (SSSR count). The molecule has 0 amide bonds. The van der Waals surface area contributed by atoms with Crippen LogP contribution in [-0.2, 0) is 0 Å². The fourth-order valence-corrected chi connectivity index (χ4v) is 4.13. The lowest BCUT2D eigenvalue weighted by atomic mass is 10.2. The van der Waals surface area contributed by atoms with E-state index >= 15 is 0 Å². The third kappa shape index (κ3) is 2.77. The van der Waals surface area contributed by atoms with E-state index in [1.807, 2.05) is 0 Å². The van der Waals surface area contributed by atoms with Crippen LogP contribution in [0.15, 0.2) is 35.7 Å². The van der Waals surface area contributed by atoms with Crippen LogP contribution in [0.5, 0.6) is 0 Å². The van der Waals surface area contributed by atoms with Gasteiger partial charge in [-0.2, -0.15) is 0 Å². The van der Waals surface area contributed by atoms with Crippen LogP contribution in [-0.4, -0.2) is 54.6 Å². The first kappa shape index (κ1) is 14.8. The molecule has 2 aromatic rings. The van der Waals surface area contributed by atoms with Gasteiger partial charge in [-0.25, -0.2) is 4.98 Å². The number of likely N-dealkylation sites (N-methyl/N-ethyl adjacent to an activating group) is 1. The summed E-state index contributed by atoms with van der Waals surface area (Å²) in [5, 5.41) is 3.26. The van der Waals surface area contributed by atoms with Crippen molar-refractivity contribution in [2.75, 3.05) is 44.8 Å². The van der Waals surface area contributed by atoms with Crippen LogP contribution >= 0.6 is 11.3 Å². The van der Waals surface area contributed by atoms with Crippen molar-refractivity contribution in [3.8, 4) is 0 Å². The van der Waals surface area contributed by atoms with E-state index < -0.39 is 0 Å². The summed E-state index contributed by atoms with van der Waals surface area (Å²) in [6, 6.07) is 8.35. The Bertz CT molecular complexity index is 696. The van der Waals surface area contributed by atoms with Gasteiger partial charge in [-0.3, -0.25) is 10.4 Å². The van der Waals surface area contributed by atoms with Crippen LogP contribution in [0.4, 0.5) is 5.13 Å². The van der Waals surface area contributed by atoms with E-state index in [1.54, 1.807) is 11.3 Å². The summed E-state index contributed by atoms with van der Waals surface area (Å²) in [5.74, 6) is 1.31. The number of hydrogen-bond acceptors (Lipinski definition) is 6. The number of piperazine rings is 1. The van der Waals surface area contributed by atoms with Crippen LogP contribution in [0.25, 0.3) is 10.2 Å². The zero-order chi connectivity index (χ0) is 15.8. The van der Waals surface area contributed by atoms with Crippen molar-refractivity contribution in [2.24, 2.45) is 0 Å². The molecule has 0 atom stereocenters. The van der Waals surface area contributed by atoms with E-state index in [2.05, 4.69) is 58.5 Å². The molecule has 0 aliphatic carbocycles. The molecular weight excluding hydrogens is 306 g/mol. The lowest BCUT2D eigenvalue weighted by Crippen LogP contribution is -2.47. The molecule has 6 heteroatoms. The summed E-state index contributed by atoms with van der Waals surface area (Å²) in [7, 11) is 2.20. The number of hydrazine groups is 1. The smallest absolute Gasteiger partial charge is 0.205 e. The van der Waals surface area contributed by atoms with Gasteiger partial charge in [-0.15, -0.1) is 0 Å². The maximum Gasteiger partial charge on any atom is 0.205 e. The van der Waals surface area contributed by atoms with Crippen molar-refractivity contribution >= 4 is 26.7 Å². The second-order valence-electron chi connectivity index (χ2n) is 6.26. The first-order chi connectivity index (χ1) is 11.2. The van der Waals surface area contributed by atoms with Crippen LogP contribution in [0.3, 0.4) is 0 Å². The van der Waals surface area contributed by atoms with Gasteiger partial charge in [0.1, 0.15) is 5.82 Å². The molecule has 1 N–H and O–H groups in total. The minimum Gasteiger partial charge on any atom is -0.355 e. The van der Waals surface area contributed by atoms with Crippen LogP contribution in [0.1, 0.15) is 13.3 Å². The highest BCUT2D eigenvalue weighted by Gasteiger charge is 2.28.